The number of aryl methyl sites for hydroxylation is 1. The van der Waals surface area contributed by atoms with Gasteiger partial charge in [0, 0.05) is 10.1 Å². The number of thiophene rings is 1. The van der Waals surface area contributed by atoms with Gasteiger partial charge in [0.15, 0.2) is 0 Å². The highest BCUT2D eigenvalue weighted by Gasteiger charge is 2.23. The molecule has 2 saturated carbocycles. The molecule has 5 heteroatoms. The molecule has 1 heterocycles. The number of carbonyl (C=O) groups is 2. The number of aromatic carboxylic acids is 2. The monoisotopic (exact) mass is 320 g/mol. The molecule has 22 heavy (non-hydrogen) atoms. The number of carboxylic acids is 2. The molecule has 118 valence electrons. The van der Waals surface area contributed by atoms with Crippen molar-refractivity contribution in [2.24, 2.45) is 0 Å². The Labute approximate surface area is 133 Å². The lowest BCUT2D eigenvalue weighted by molar-refractivity contribution is 0.0657. The highest BCUT2D eigenvalue weighted by atomic mass is 32.1. The van der Waals surface area contributed by atoms with E-state index in [-0.39, 0.29) is 10.4 Å². The van der Waals surface area contributed by atoms with Crippen molar-refractivity contribution in [3.05, 3.63) is 34.2 Å². The number of hydrogen-bond donors (Lipinski definition) is 2. The highest BCUT2D eigenvalue weighted by Crippen LogP contribution is 2.33. The third kappa shape index (κ3) is 4.56. The average molecular weight is 320 g/mol. The first kappa shape index (κ1) is 16.5. The van der Waals surface area contributed by atoms with E-state index in [4.69, 9.17) is 10.2 Å². The molecule has 0 aliphatic heterocycles. The van der Waals surface area contributed by atoms with E-state index in [1.54, 1.807) is 25.1 Å². The van der Waals surface area contributed by atoms with E-state index in [0.29, 0.717) is 10.1 Å². The van der Waals surface area contributed by atoms with E-state index < -0.39 is 11.9 Å². The molecule has 1 aromatic heterocycles. The maximum Gasteiger partial charge on any atom is 0.346 e. The van der Waals surface area contributed by atoms with Gasteiger partial charge in [-0.05, 0) is 18.6 Å². The van der Waals surface area contributed by atoms with Crippen LogP contribution in [0.1, 0.15) is 64.1 Å². The number of carboxylic acid groups (broad SMARTS) is 2. The lowest BCUT2D eigenvalue weighted by Crippen LogP contribution is -2.04. The fourth-order valence-corrected chi connectivity index (χ4v) is 2.79. The molecule has 4 rings (SSSR count). The lowest BCUT2D eigenvalue weighted by atomic mass is 10.1. The first-order valence-corrected chi connectivity index (χ1v) is 8.32. The summed E-state index contributed by atoms with van der Waals surface area (Å²) in [7, 11) is 0. The van der Waals surface area contributed by atoms with Gasteiger partial charge in [-0.2, -0.15) is 0 Å². The topological polar surface area (TPSA) is 74.6 Å². The Balaban J connectivity index is 0.000000241. The second kappa shape index (κ2) is 7.40. The Morgan fingerprint density at radius 2 is 1.50 bits per heavy atom. The second-order valence-electron chi connectivity index (χ2n) is 5.49. The van der Waals surface area contributed by atoms with E-state index in [1.165, 1.54) is 38.5 Å². The summed E-state index contributed by atoms with van der Waals surface area (Å²) in [6.07, 6.45) is 9.00. The van der Waals surface area contributed by atoms with E-state index in [2.05, 4.69) is 0 Å². The highest BCUT2D eigenvalue weighted by molar-refractivity contribution is 7.21. The van der Waals surface area contributed by atoms with Crippen molar-refractivity contribution in [2.45, 2.75) is 45.4 Å². The Morgan fingerprint density at radius 1 is 0.955 bits per heavy atom. The molecule has 0 radical (unpaired) electrons. The van der Waals surface area contributed by atoms with Crippen molar-refractivity contribution in [1.82, 2.24) is 0 Å². The first-order chi connectivity index (χ1) is 10.5. The number of hydrogen-bond acceptors (Lipinski definition) is 3. The summed E-state index contributed by atoms with van der Waals surface area (Å²) >= 11 is 0.994. The summed E-state index contributed by atoms with van der Waals surface area (Å²) < 4.78 is 0.690. The van der Waals surface area contributed by atoms with Crippen LogP contribution in [0.25, 0.3) is 10.1 Å². The van der Waals surface area contributed by atoms with E-state index in [9.17, 15) is 9.59 Å². The van der Waals surface area contributed by atoms with Gasteiger partial charge in [-0.3, -0.25) is 0 Å². The van der Waals surface area contributed by atoms with E-state index >= 15 is 0 Å². The molecular formula is C17H20O4S. The van der Waals surface area contributed by atoms with Gasteiger partial charge < -0.3 is 10.2 Å². The molecule has 2 aromatic rings. The van der Waals surface area contributed by atoms with Crippen LogP contribution in [0.15, 0.2) is 18.2 Å². The van der Waals surface area contributed by atoms with Crippen molar-refractivity contribution in [2.75, 3.05) is 0 Å². The Hall–Kier alpha value is -1.88. The van der Waals surface area contributed by atoms with Gasteiger partial charge >= 0.3 is 11.9 Å². The largest absolute Gasteiger partial charge is 0.478 e. The van der Waals surface area contributed by atoms with Crippen LogP contribution in [-0.4, -0.2) is 22.2 Å². The van der Waals surface area contributed by atoms with Crippen LogP contribution in [0.5, 0.6) is 0 Å². The molecule has 2 fully saturated rings. The van der Waals surface area contributed by atoms with Crippen LogP contribution < -0.4 is 0 Å². The van der Waals surface area contributed by atoms with Crippen LogP contribution in [0.2, 0.25) is 0 Å². The van der Waals surface area contributed by atoms with Gasteiger partial charge in [-0.15, -0.1) is 11.3 Å². The molecule has 0 atom stereocenters. The van der Waals surface area contributed by atoms with Crippen LogP contribution in [-0.2, 0) is 0 Å². The van der Waals surface area contributed by atoms with Gasteiger partial charge in [0.25, 0.3) is 0 Å². The third-order valence-corrected chi connectivity index (χ3v) is 4.18. The maximum absolute atomic E-state index is 11.1. The van der Waals surface area contributed by atoms with Gasteiger partial charge in [0.1, 0.15) is 4.88 Å². The number of fused-ring (bicyclic) bond motifs is 1. The van der Waals surface area contributed by atoms with Crippen molar-refractivity contribution in [1.29, 1.82) is 0 Å². The molecular weight excluding hydrogens is 300 g/mol. The van der Waals surface area contributed by atoms with Gasteiger partial charge in [0.05, 0.1) is 5.56 Å². The zero-order chi connectivity index (χ0) is 16.1. The predicted octanol–water partition coefficient (Wildman–Crippen LogP) is 4.95. The predicted molar refractivity (Wildman–Crippen MR) is 88.2 cm³/mol. The summed E-state index contributed by atoms with van der Waals surface area (Å²) in [4.78, 5) is 21.9. The normalized spacial score (nSPS) is 14.2. The molecule has 0 saturated heterocycles. The van der Waals surface area contributed by atoms with Crippen LogP contribution in [0.3, 0.4) is 0 Å². The standard InChI is InChI=1S/C11H8O4S.2C3H6/c1-5-3-2-4-6-7(5)8(10(12)13)9(16-6)11(14)15;2*1-2-3-1/h2-4H,1H3,(H,12,13)(H,14,15);2*1-3H2. The Kier molecular flexibility index (Phi) is 5.55. The van der Waals surface area contributed by atoms with Gasteiger partial charge in [-0.25, -0.2) is 9.59 Å². The van der Waals surface area contributed by atoms with Crippen molar-refractivity contribution in [3.8, 4) is 0 Å². The summed E-state index contributed by atoms with van der Waals surface area (Å²) in [6.45, 7) is 1.77. The van der Waals surface area contributed by atoms with Crippen LogP contribution in [0.4, 0.5) is 0 Å². The van der Waals surface area contributed by atoms with Crippen molar-refractivity contribution in [3.63, 3.8) is 0 Å². The van der Waals surface area contributed by atoms with E-state index in [1.807, 2.05) is 0 Å². The molecule has 1 aromatic carbocycles. The zero-order valence-electron chi connectivity index (χ0n) is 12.6. The molecule has 2 aliphatic rings. The van der Waals surface area contributed by atoms with Crippen molar-refractivity contribution >= 4 is 33.4 Å². The summed E-state index contributed by atoms with van der Waals surface area (Å²) in [6, 6.07) is 5.28. The average Bonchev–Trinajstić information content (AvgIpc) is 3.32. The fraction of sp³-hybridized carbons (Fsp3) is 0.412. The van der Waals surface area contributed by atoms with Crippen LogP contribution >= 0.6 is 11.3 Å². The quantitative estimate of drug-likeness (QED) is 0.821. The minimum Gasteiger partial charge on any atom is -0.478 e. The second-order valence-corrected chi connectivity index (χ2v) is 6.54. The minimum atomic E-state index is -1.20. The molecule has 2 N–H and O–H groups in total. The number of benzene rings is 1. The van der Waals surface area contributed by atoms with Crippen molar-refractivity contribution < 1.29 is 19.8 Å². The number of rotatable bonds is 2. The van der Waals surface area contributed by atoms with Gasteiger partial charge in [-0.1, -0.05) is 50.7 Å². The summed E-state index contributed by atoms with van der Waals surface area (Å²) in [5.41, 5.74) is 0.671. The van der Waals surface area contributed by atoms with Gasteiger partial charge in [0.2, 0.25) is 0 Å². The summed E-state index contributed by atoms with van der Waals surface area (Å²) in [5.74, 6) is -2.39. The van der Waals surface area contributed by atoms with Crippen LogP contribution in [0, 0.1) is 6.92 Å². The smallest absolute Gasteiger partial charge is 0.346 e. The molecule has 0 unspecified atom stereocenters. The molecule has 0 bridgehead atoms. The Bertz CT molecular complexity index is 672. The zero-order valence-corrected chi connectivity index (χ0v) is 13.4. The maximum atomic E-state index is 11.1. The third-order valence-electron chi connectivity index (χ3n) is 3.04. The molecule has 0 amide bonds. The molecule has 0 spiro atoms. The fourth-order valence-electron chi connectivity index (χ4n) is 1.68. The summed E-state index contributed by atoms with van der Waals surface area (Å²) in [5, 5.41) is 18.5. The SMILES string of the molecule is C1CC1.C1CC1.Cc1cccc2sc(C(=O)O)c(C(=O)O)c12. The lowest BCUT2D eigenvalue weighted by Gasteiger charge is -1.98. The minimum absolute atomic E-state index is 0.106. The molecule has 4 nitrogen and oxygen atoms in total. The molecule has 2 aliphatic carbocycles. The first-order valence-electron chi connectivity index (χ1n) is 7.51. The Morgan fingerprint density at radius 3 is 1.91 bits per heavy atom. The van der Waals surface area contributed by atoms with E-state index in [0.717, 1.165) is 16.9 Å².